The number of carbonyl (C=O) groups excluding carboxylic acids is 1. The summed E-state index contributed by atoms with van der Waals surface area (Å²) in [5, 5.41) is 3.62. The summed E-state index contributed by atoms with van der Waals surface area (Å²) in [6.45, 7) is 2.29. The Morgan fingerprint density at radius 2 is 2.18 bits per heavy atom. The third-order valence-corrected chi connectivity index (χ3v) is 4.00. The molecule has 3 N–H and O–H groups in total. The molecule has 1 aromatic carbocycles. The Hall–Kier alpha value is -1.51. The molecule has 0 radical (unpaired) electrons. The van der Waals surface area contributed by atoms with Gasteiger partial charge in [-0.2, -0.15) is 0 Å². The van der Waals surface area contributed by atoms with E-state index in [4.69, 9.17) is 5.73 Å². The number of fused-ring (bicyclic) bond motifs is 1. The van der Waals surface area contributed by atoms with E-state index >= 15 is 0 Å². The number of nitrogens with one attached hydrogen (secondary N) is 1. The lowest BCUT2D eigenvalue weighted by Crippen LogP contribution is -2.35. The quantitative estimate of drug-likeness (QED) is 0.818. The van der Waals surface area contributed by atoms with Gasteiger partial charge in [-0.3, -0.25) is 4.79 Å². The van der Waals surface area contributed by atoms with Crippen LogP contribution in [0.1, 0.15) is 35.7 Å². The maximum Gasteiger partial charge on any atom is 0.248 e. The van der Waals surface area contributed by atoms with Gasteiger partial charge in [0, 0.05) is 17.3 Å². The number of nitrogens with two attached hydrogens (primary N) is 1. The summed E-state index contributed by atoms with van der Waals surface area (Å²) in [6, 6.07) is 6.36. The highest BCUT2D eigenvalue weighted by Crippen LogP contribution is 2.41. The number of primary amides is 1. The molecule has 0 bridgehead atoms. The molecule has 1 saturated carbocycles. The van der Waals surface area contributed by atoms with E-state index in [1.165, 1.54) is 24.1 Å². The Morgan fingerprint density at radius 1 is 1.41 bits per heavy atom. The van der Waals surface area contributed by atoms with Crippen molar-refractivity contribution < 1.29 is 4.79 Å². The maximum atomic E-state index is 11.2. The van der Waals surface area contributed by atoms with E-state index in [2.05, 4.69) is 12.2 Å². The van der Waals surface area contributed by atoms with Gasteiger partial charge in [0.1, 0.15) is 0 Å². The van der Waals surface area contributed by atoms with Gasteiger partial charge >= 0.3 is 0 Å². The molecule has 3 rings (SSSR count). The molecule has 3 heteroatoms. The second kappa shape index (κ2) is 3.76. The topological polar surface area (TPSA) is 55.1 Å². The fraction of sp³-hybridized carbons (Fsp3) is 0.500. The third-order valence-electron chi connectivity index (χ3n) is 4.00. The molecular weight excluding hydrogens is 212 g/mol. The molecule has 1 aromatic rings. The highest BCUT2D eigenvalue weighted by molar-refractivity contribution is 5.93. The van der Waals surface area contributed by atoms with Crippen LogP contribution in [0.5, 0.6) is 0 Å². The van der Waals surface area contributed by atoms with Crippen molar-refractivity contribution in [3.05, 3.63) is 29.3 Å². The zero-order valence-electron chi connectivity index (χ0n) is 10.1. The SMILES string of the molecule is CC1Cc2cc(C(N)=O)ccc2N[C@H]1C1CC1. The Bertz CT molecular complexity index is 465. The fourth-order valence-corrected chi connectivity index (χ4v) is 2.89. The van der Waals surface area contributed by atoms with Crippen molar-refractivity contribution in [3.8, 4) is 0 Å². The van der Waals surface area contributed by atoms with Crippen LogP contribution in [0, 0.1) is 11.8 Å². The molecule has 17 heavy (non-hydrogen) atoms. The van der Waals surface area contributed by atoms with Crippen LogP contribution >= 0.6 is 0 Å². The number of carbonyl (C=O) groups is 1. The normalized spacial score (nSPS) is 27.1. The average Bonchev–Trinajstić information content (AvgIpc) is 3.11. The highest BCUT2D eigenvalue weighted by atomic mass is 16.1. The van der Waals surface area contributed by atoms with E-state index in [0.29, 0.717) is 17.5 Å². The predicted molar refractivity (Wildman–Crippen MR) is 68.0 cm³/mol. The molecule has 1 amide bonds. The summed E-state index contributed by atoms with van der Waals surface area (Å²) < 4.78 is 0. The first kappa shape index (κ1) is 10.6. The first-order chi connectivity index (χ1) is 8.15. The van der Waals surface area contributed by atoms with Crippen molar-refractivity contribution in [2.75, 3.05) is 5.32 Å². The van der Waals surface area contributed by atoms with E-state index in [-0.39, 0.29) is 5.91 Å². The monoisotopic (exact) mass is 230 g/mol. The summed E-state index contributed by atoms with van der Waals surface area (Å²) in [4.78, 5) is 11.2. The van der Waals surface area contributed by atoms with Crippen LogP contribution in [-0.2, 0) is 6.42 Å². The van der Waals surface area contributed by atoms with Crippen molar-refractivity contribution in [2.45, 2.75) is 32.2 Å². The Labute approximate surface area is 101 Å². The molecular formula is C14H18N2O. The van der Waals surface area contributed by atoms with Crippen LogP contribution in [0.4, 0.5) is 5.69 Å². The van der Waals surface area contributed by atoms with Gasteiger partial charge in [0.15, 0.2) is 0 Å². The number of hydrogen-bond acceptors (Lipinski definition) is 2. The van der Waals surface area contributed by atoms with Gasteiger partial charge < -0.3 is 11.1 Å². The molecule has 2 aliphatic rings. The molecule has 1 aliphatic heterocycles. The molecule has 2 atom stereocenters. The van der Waals surface area contributed by atoms with Crippen molar-refractivity contribution in [1.82, 2.24) is 0 Å². The first-order valence-corrected chi connectivity index (χ1v) is 6.34. The van der Waals surface area contributed by atoms with Crippen molar-refractivity contribution in [3.63, 3.8) is 0 Å². The van der Waals surface area contributed by atoms with Crippen molar-refractivity contribution >= 4 is 11.6 Å². The van der Waals surface area contributed by atoms with E-state index < -0.39 is 0 Å². The predicted octanol–water partition coefficient (Wildman–Crippen LogP) is 2.17. The van der Waals surface area contributed by atoms with Gasteiger partial charge in [-0.05, 0) is 54.9 Å². The van der Waals surface area contributed by atoms with Crippen LogP contribution in [-0.4, -0.2) is 11.9 Å². The van der Waals surface area contributed by atoms with Crippen molar-refractivity contribution in [2.24, 2.45) is 17.6 Å². The van der Waals surface area contributed by atoms with Gasteiger partial charge in [-0.25, -0.2) is 0 Å². The van der Waals surface area contributed by atoms with E-state index in [1.807, 2.05) is 18.2 Å². The molecule has 1 fully saturated rings. The number of hydrogen-bond donors (Lipinski definition) is 2. The van der Waals surface area contributed by atoms with Gasteiger partial charge in [0.25, 0.3) is 0 Å². The second-order valence-electron chi connectivity index (χ2n) is 5.43. The Kier molecular flexibility index (Phi) is 2.35. The maximum absolute atomic E-state index is 11.2. The molecule has 0 spiro atoms. The summed E-state index contributed by atoms with van der Waals surface area (Å²) >= 11 is 0. The van der Waals surface area contributed by atoms with Crippen molar-refractivity contribution in [1.29, 1.82) is 0 Å². The summed E-state index contributed by atoms with van der Waals surface area (Å²) in [7, 11) is 0. The number of benzene rings is 1. The lowest BCUT2D eigenvalue weighted by molar-refractivity contribution is 0.1000. The highest BCUT2D eigenvalue weighted by Gasteiger charge is 2.37. The molecule has 0 saturated heterocycles. The lowest BCUT2D eigenvalue weighted by atomic mass is 9.85. The average molecular weight is 230 g/mol. The largest absolute Gasteiger partial charge is 0.382 e. The van der Waals surface area contributed by atoms with Crippen LogP contribution < -0.4 is 11.1 Å². The van der Waals surface area contributed by atoms with E-state index in [0.717, 1.165) is 12.3 Å². The zero-order valence-corrected chi connectivity index (χ0v) is 10.1. The summed E-state index contributed by atoms with van der Waals surface area (Å²) in [6.07, 6.45) is 3.76. The van der Waals surface area contributed by atoms with Gasteiger partial charge in [0.05, 0.1) is 0 Å². The second-order valence-corrected chi connectivity index (χ2v) is 5.43. The Morgan fingerprint density at radius 3 is 2.82 bits per heavy atom. The molecule has 1 aliphatic carbocycles. The van der Waals surface area contributed by atoms with Gasteiger partial charge in [-0.1, -0.05) is 6.92 Å². The Balaban J connectivity index is 1.90. The number of anilines is 1. The minimum Gasteiger partial charge on any atom is -0.382 e. The van der Waals surface area contributed by atoms with Crippen LogP contribution in [0.15, 0.2) is 18.2 Å². The minimum absolute atomic E-state index is 0.343. The summed E-state index contributed by atoms with van der Waals surface area (Å²) in [5.74, 6) is 1.15. The number of amides is 1. The minimum atomic E-state index is -0.343. The van der Waals surface area contributed by atoms with Crippen LogP contribution in [0.3, 0.4) is 0 Å². The number of rotatable bonds is 2. The third kappa shape index (κ3) is 1.90. The molecule has 1 unspecified atom stereocenters. The molecule has 0 aromatic heterocycles. The van der Waals surface area contributed by atoms with Gasteiger partial charge in [0.2, 0.25) is 5.91 Å². The summed E-state index contributed by atoms with van der Waals surface area (Å²) in [5.41, 5.74) is 8.33. The first-order valence-electron chi connectivity index (χ1n) is 6.34. The van der Waals surface area contributed by atoms with Crippen LogP contribution in [0.25, 0.3) is 0 Å². The van der Waals surface area contributed by atoms with E-state index in [1.54, 1.807) is 0 Å². The van der Waals surface area contributed by atoms with E-state index in [9.17, 15) is 4.79 Å². The lowest BCUT2D eigenvalue weighted by Gasteiger charge is -2.33. The van der Waals surface area contributed by atoms with Gasteiger partial charge in [-0.15, -0.1) is 0 Å². The zero-order chi connectivity index (χ0) is 12.0. The molecule has 3 nitrogen and oxygen atoms in total. The smallest absolute Gasteiger partial charge is 0.248 e. The molecule has 90 valence electrons. The van der Waals surface area contributed by atoms with Crippen LogP contribution in [0.2, 0.25) is 0 Å². The standard InChI is InChI=1S/C14H18N2O/c1-8-6-11-7-10(14(15)17)4-5-12(11)16-13(8)9-2-3-9/h4-5,7-9,13,16H,2-3,6H2,1H3,(H2,15,17)/t8?,13-/m1/s1. The molecule has 1 heterocycles. The fourth-order valence-electron chi connectivity index (χ4n) is 2.89.